The summed E-state index contributed by atoms with van der Waals surface area (Å²) in [7, 11) is -8.09. The highest BCUT2D eigenvalue weighted by Gasteiger charge is 2.44. The van der Waals surface area contributed by atoms with Gasteiger partial charge >= 0.3 is 0 Å². The molecule has 4 N–H and O–H groups in total. The van der Waals surface area contributed by atoms with E-state index < -0.39 is 20.2 Å². The highest BCUT2D eigenvalue weighted by Crippen LogP contribution is 2.48. The van der Waals surface area contributed by atoms with E-state index in [-0.39, 0.29) is 40.1 Å². The van der Waals surface area contributed by atoms with Crippen molar-refractivity contribution < 1.29 is 44.9 Å². The Labute approximate surface area is 467 Å². The van der Waals surface area contributed by atoms with E-state index in [0.717, 1.165) is 138 Å². The lowest BCUT2D eigenvalue weighted by atomic mass is 9.81. The van der Waals surface area contributed by atoms with Gasteiger partial charge in [-0.25, -0.2) is 0 Å². The molecule has 78 heavy (non-hydrogen) atoms. The third kappa shape index (κ3) is 18.2. The van der Waals surface area contributed by atoms with E-state index in [0.29, 0.717) is 58.3 Å². The smallest absolute Gasteiger partial charge is 0.264 e. The number of nitrogens with one attached hydrogen (secondary N) is 2. The number of fused-ring (bicyclic) bond motifs is 2. The summed E-state index contributed by atoms with van der Waals surface area (Å²) in [5.74, 6) is -0.819. The third-order valence-corrected chi connectivity index (χ3v) is 17.6. The van der Waals surface area contributed by atoms with Gasteiger partial charge in [-0.15, -0.1) is 0 Å². The van der Waals surface area contributed by atoms with Gasteiger partial charge in [0.15, 0.2) is 5.71 Å². The second-order valence-electron chi connectivity index (χ2n) is 22.9. The van der Waals surface area contributed by atoms with Gasteiger partial charge in [-0.1, -0.05) is 126 Å². The van der Waals surface area contributed by atoms with Crippen LogP contribution in [0.15, 0.2) is 101 Å². The zero-order chi connectivity index (χ0) is 56.4. The maximum Gasteiger partial charge on any atom is 0.264 e. The fourth-order valence-electron chi connectivity index (χ4n) is 11.6. The van der Waals surface area contributed by atoms with Crippen LogP contribution in [0, 0.1) is 6.92 Å². The van der Waals surface area contributed by atoms with Crippen LogP contribution >= 0.6 is 0 Å². The maximum absolute atomic E-state index is 12.4. The molecule has 3 amide bonds. The molecule has 0 unspecified atom stereocenters. The molecule has 0 radical (unpaired) electrons. The van der Waals surface area contributed by atoms with Crippen LogP contribution in [0.3, 0.4) is 0 Å². The normalized spacial score (nSPS) is 18.1. The zero-order valence-electron chi connectivity index (χ0n) is 47.4. The lowest BCUT2D eigenvalue weighted by molar-refractivity contribution is -0.438. The van der Waals surface area contributed by atoms with Crippen LogP contribution < -0.4 is 15.5 Å². The van der Waals surface area contributed by atoms with Gasteiger partial charge in [0.05, 0.1) is 16.9 Å². The van der Waals surface area contributed by atoms with E-state index in [2.05, 4.69) is 115 Å². The quantitative estimate of drug-likeness (QED) is 0.0225. The van der Waals surface area contributed by atoms with Gasteiger partial charge in [0.2, 0.25) is 11.6 Å². The van der Waals surface area contributed by atoms with Gasteiger partial charge in [0.1, 0.15) is 6.54 Å². The number of nitrogens with zero attached hydrogens (tertiary/aromatic N) is 3. The van der Waals surface area contributed by atoms with Gasteiger partial charge in [0, 0.05) is 91.4 Å². The van der Waals surface area contributed by atoms with Crippen molar-refractivity contribution in [2.45, 2.75) is 187 Å². The highest BCUT2D eigenvalue weighted by atomic mass is 32.2. The van der Waals surface area contributed by atoms with Crippen molar-refractivity contribution in [3.63, 3.8) is 0 Å². The van der Waals surface area contributed by atoms with E-state index in [1.54, 1.807) is 0 Å². The molecule has 3 heterocycles. The van der Waals surface area contributed by atoms with Crippen molar-refractivity contribution in [1.82, 2.24) is 15.5 Å². The molecule has 2 aromatic carbocycles. The Morgan fingerprint density at radius 1 is 0.654 bits per heavy atom. The van der Waals surface area contributed by atoms with E-state index in [1.807, 2.05) is 6.07 Å². The summed E-state index contributed by atoms with van der Waals surface area (Å²) in [5.41, 5.74) is 11.2. The number of allylic oxidation sites excluding steroid dienone is 7. The Balaban J connectivity index is 1.05. The van der Waals surface area contributed by atoms with Crippen LogP contribution in [0.1, 0.15) is 186 Å². The van der Waals surface area contributed by atoms with Gasteiger partial charge < -0.3 is 15.5 Å². The van der Waals surface area contributed by atoms with E-state index in [1.165, 1.54) is 51.3 Å². The minimum absolute atomic E-state index is 0.133. The molecule has 1 aliphatic carbocycles. The van der Waals surface area contributed by atoms with Crippen molar-refractivity contribution in [3.8, 4) is 0 Å². The molecule has 0 saturated carbocycles. The second-order valence-corrected chi connectivity index (χ2v) is 26.1. The molecule has 14 nitrogen and oxygen atoms in total. The topological polar surface area (TPSA) is 193 Å². The van der Waals surface area contributed by atoms with Crippen molar-refractivity contribution in [3.05, 3.63) is 118 Å². The Bertz CT molecular complexity index is 2820. The number of anilines is 1. The second kappa shape index (κ2) is 29.3. The van der Waals surface area contributed by atoms with E-state index in [9.17, 15) is 40.3 Å². The van der Waals surface area contributed by atoms with Gasteiger partial charge in [-0.3, -0.25) is 28.4 Å². The number of amides is 3. The largest absolute Gasteiger partial charge is 0.385 e. The van der Waals surface area contributed by atoms with Crippen LogP contribution in [-0.2, 0) is 45.4 Å². The summed E-state index contributed by atoms with van der Waals surface area (Å²) in [5, 5.41) is 7.01. The number of carbonyl (C=O) groups excluding carboxylic acids is 3. The monoisotopic (exact) mass is 1110 g/mol. The molecule has 0 atom stereocenters. The molecule has 3 aliphatic heterocycles. The van der Waals surface area contributed by atoms with Crippen molar-refractivity contribution in [1.29, 1.82) is 0 Å². The number of imide groups is 1. The summed E-state index contributed by atoms with van der Waals surface area (Å²) in [6, 6.07) is 15.0. The Morgan fingerprint density at radius 2 is 1.24 bits per heavy atom. The first kappa shape index (κ1) is 62.0. The predicted molar refractivity (Wildman–Crippen MR) is 314 cm³/mol. The molecule has 2 aromatic rings. The molecule has 16 heteroatoms. The first-order valence-electron chi connectivity index (χ1n) is 29.1. The molecule has 0 spiro atoms. The van der Waals surface area contributed by atoms with Crippen LogP contribution in [0.5, 0.6) is 0 Å². The first-order valence-corrected chi connectivity index (χ1v) is 32.3. The average Bonchev–Trinajstić information content (AvgIpc) is 4.16. The maximum atomic E-state index is 12.4. The summed E-state index contributed by atoms with van der Waals surface area (Å²) in [6.45, 7) is 14.4. The van der Waals surface area contributed by atoms with Crippen LogP contribution in [0.2, 0.25) is 0 Å². The first-order chi connectivity index (χ1) is 37.2. The number of rotatable bonds is 34. The van der Waals surface area contributed by atoms with Crippen LogP contribution in [0.4, 0.5) is 11.4 Å². The molecule has 4 aliphatic rings. The molecule has 0 bridgehead atoms. The lowest BCUT2D eigenvalue weighted by Crippen LogP contribution is -2.30. The lowest BCUT2D eigenvalue weighted by Gasteiger charge is -2.28. The number of benzene rings is 2. The number of carbonyl (C=O) groups is 3. The van der Waals surface area contributed by atoms with Crippen LogP contribution in [0.25, 0.3) is 0 Å². The summed E-state index contributed by atoms with van der Waals surface area (Å²) in [4.78, 5) is 39.4. The molecular formula is C62H90N5O9S2+. The van der Waals surface area contributed by atoms with Gasteiger partial charge in [-0.05, 0) is 114 Å². The SMILES string of the molecule is Cc1ccc2c(c1)C(C)(C)/C(=C\C=C1/CCCC(/C=C/C3=[N+](CCCCS(=O)(=O)O)c4ccccc4C3(C)C)=C1NCCCCCCCCCCC(=O)NCCCCCCCCN1C(=O)C=CC1=O)N2CCCCS(=O)(=O)O. The average molecular weight is 1110 g/mol. The zero-order valence-corrected chi connectivity index (χ0v) is 49.1. The summed E-state index contributed by atoms with van der Waals surface area (Å²) < 4.78 is 67.6. The predicted octanol–water partition coefficient (Wildman–Crippen LogP) is 11.8. The molecule has 0 fully saturated rings. The third-order valence-electron chi connectivity index (χ3n) is 16.0. The molecule has 428 valence electrons. The van der Waals surface area contributed by atoms with E-state index in [4.69, 9.17) is 0 Å². The molecule has 0 saturated heterocycles. The minimum Gasteiger partial charge on any atom is -0.385 e. The Kier molecular flexibility index (Phi) is 23.3. The fourth-order valence-corrected chi connectivity index (χ4v) is 12.8. The number of para-hydroxylation sites is 1. The molecule has 6 rings (SSSR count). The molecular weight excluding hydrogens is 1020 g/mol. The summed E-state index contributed by atoms with van der Waals surface area (Å²) in [6.07, 6.45) is 31.8. The number of hydrogen-bond acceptors (Lipinski definition) is 9. The number of hydrogen-bond donors (Lipinski definition) is 4. The molecule has 0 aromatic heterocycles. The standard InChI is InChI=1S/C62H89N5O9S2/c1-48-32-35-54-52(47-48)62(4,5)56(66(54)43-23-25-46-78(74,75)76)37-34-50-28-26-27-49(33-36-55-61(2,3)51-29-17-18-30-53(51)65(55)42-22-24-45-77(71,72)73)60(50)64-41-20-14-9-7-6-8-12-16-31-57(68)63-40-19-13-10-11-15-21-44-67-58(69)38-39-59(67)70/h17-18,29-30,32-39,47H,6-16,19-28,31,40-46H2,1-5H3,(H3,63,68,71,72,73,74,75,76)/p+1/b50-34+,56-37+. The van der Waals surface area contributed by atoms with Crippen molar-refractivity contribution in [2.75, 3.05) is 49.1 Å². The van der Waals surface area contributed by atoms with Crippen molar-refractivity contribution >= 4 is 55.0 Å². The highest BCUT2D eigenvalue weighted by molar-refractivity contribution is 7.86. The fraction of sp³-hybridized carbons (Fsp3) is 0.581. The Hall–Kier alpha value is -5.16. The summed E-state index contributed by atoms with van der Waals surface area (Å²) >= 11 is 0. The minimum atomic E-state index is -4.05. The number of aryl methyl sites for hydroxylation is 1. The Morgan fingerprint density at radius 3 is 1.92 bits per heavy atom. The van der Waals surface area contributed by atoms with Gasteiger partial charge in [-0.2, -0.15) is 21.4 Å². The van der Waals surface area contributed by atoms with Gasteiger partial charge in [0.25, 0.3) is 32.1 Å². The van der Waals surface area contributed by atoms with Crippen molar-refractivity contribution in [2.24, 2.45) is 0 Å². The number of unbranched alkanes of at least 4 members (excludes halogenated alkanes) is 14. The van der Waals surface area contributed by atoms with Crippen LogP contribution in [-0.4, -0.2) is 103 Å². The van der Waals surface area contributed by atoms with E-state index >= 15 is 0 Å².